The second kappa shape index (κ2) is 8.33. The number of ether oxygens (including phenoxy) is 2. The molecular weight excluding hydrogens is 206 g/mol. The van der Waals surface area contributed by atoms with Crippen molar-refractivity contribution in [3.8, 4) is 0 Å². The molecule has 1 rings (SSSR count). The van der Waals surface area contributed by atoms with Crippen molar-refractivity contribution in [3.05, 3.63) is 23.7 Å². The molecule has 0 amide bonds. The van der Waals surface area contributed by atoms with Crippen LogP contribution >= 0.6 is 0 Å². The number of hydrogen-bond acceptors (Lipinski definition) is 4. The average molecular weight is 227 g/mol. The molecule has 0 saturated carbocycles. The van der Waals surface area contributed by atoms with Gasteiger partial charge in [-0.3, -0.25) is 0 Å². The van der Waals surface area contributed by atoms with Crippen LogP contribution in [0, 0.1) is 0 Å². The first-order valence-corrected chi connectivity index (χ1v) is 5.73. The third-order valence-electron chi connectivity index (χ3n) is 2.15. The largest absolute Gasteiger partial charge is 0.468 e. The summed E-state index contributed by atoms with van der Waals surface area (Å²) in [7, 11) is 1.89. The van der Waals surface area contributed by atoms with Gasteiger partial charge in [0.25, 0.3) is 0 Å². The van der Waals surface area contributed by atoms with Crippen LogP contribution in [-0.2, 0) is 22.6 Å². The van der Waals surface area contributed by atoms with Crippen molar-refractivity contribution >= 4 is 0 Å². The van der Waals surface area contributed by atoms with E-state index in [1.807, 2.05) is 13.1 Å². The third-order valence-corrected chi connectivity index (χ3v) is 2.15. The molecular formula is C12H21NO3. The summed E-state index contributed by atoms with van der Waals surface area (Å²) in [4.78, 5) is 0. The summed E-state index contributed by atoms with van der Waals surface area (Å²) in [5.74, 6) is 0.942. The summed E-state index contributed by atoms with van der Waals surface area (Å²) in [5, 5.41) is 3.05. The highest BCUT2D eigenvalue weighted by molar-refractivity contribution is 5.15. The zero-order chi connectivity index (χ0) is 11.6. The third kappa shape index (κ3) is 4.79. The SMILES string of the molecule is CCCOCCOCc1ccoc1CNC. The van der Waals surface area contributed by atoms with Crippen molar-refractivity contribution in [1.82, 2.24) is 5.32 Å². The van der Waals surface area contributed by atoms with Crippen LogP contribution < -0.4 is 5.32 Å². The lowest BCUT2D eigenvalue weighted by atomic mass is 10.2. The van der Waals surface area contributed by atoms with Crippen molar-refractivity contribution < 1.29 is 13.9 Å². The average Bonchev–Trinajstić information content (AvgIpc) is 2.72. The van der Waals surface area contributed by atoms with Gasteiger partial charge in [0.05, 0.1) is 32.6 Å². The molecule has 0 aliphatic heterocycles. The molecule has 1 aromatic heterocycles. The molecule has 0 unspecified atom stereocenters. The predicted molar refractivity (Wildman–Crippen MR) is 62.2 cm³/mol. The molecule has 4 heteroatoms. The lowest BCUT2D eigenvalue weighted by molar-refractivity contribution is 0.0403. The van der Waals surface area contributed by atoms with Crippen molar-refractivity contribution in [1.29, 1.82) is 0 Å². The second-order valence-electron chi connectivity index (χ2n) is 3.56. The van der Waals surface area contributed by atoms with Gasteiger partial charge in [-0.05, 0) is 19.5 Å². The van der Waals surface area contributed by atoms with E-state index in [0.717, 1.165) is 30.9 Å². The molecule has 1 N–H and O–H groups in total. The Balaban J connectivity index is 2.13. The fourth-order valence-electron chi connectivity index (χ4n) is 1.36. The Morgan fingerprint density at radius 2 is 2.06 bits per heavy atom. The summed E-state index contributed by atoms with van der Waals surface area (Å²) in [6.45, 7) is 5.51. The second-order valence-corrected chi connectivity index (χ2v) is 3.56. The number of nitrogens with one attached hydrogen (secondary N) is 1. The standard InChI is InChI=1S/C12H21NO3/c1-3-5-14-7-8-15-10-11-4-6-16-12(11)9-13-2/h4,6,13H,3,5,7-10H2,1-2H3. The van der Waals surface area contributed by atoms with E-state index in [1.54, 1.807) is 6.26 Å². The van der Waals surface area contributed by atoms with Gasteiger partial charge in [-0.15, -0.1) is 0 Å². The molecule has 0 aliphatic carbocycles. The topological polar surface area (TPSA) is 43.6 Å². The fourth-order valence-corrected chi connectivity index (χ4v) is 1.36. The number of furan rings is 1. The first-order chi connectivity index (χ1) is 7.88. The quantitative estimate of drug-likeness (QED) is 0.655. The van der Waals surface area contributed by atoms with Crippen molar-refractivity contribution in [2.45, 2.75) is 26.5 Å². The maximum atomic E-state index is 5.50. The normalized spacial score (nSPS) is 10.9. The highest BCUT2D eigenvalue weighted by Crippen LogP contribution is 2.11. The van der Waals surface area contributed by atoms with Gasteiger partial charge in [0.15, 0.2) is 0 Å². The summed E-state index contributed by atoms with van der Waals surface area (Å²) in [6.07, 6.45) is 2.74. The maximum absolute atomic E-state index is 5.50. The Labute approximate surface area is 96.9 Å². The minimum atomic E-state index is 0.586. The molecule has 92 valence electrons. The fraction of sp³-hybridized carbons (Fsp3) is 0.667. The molecule has 0 radical (unpaired) electrons. The first-order valence-electron chi connectivity index (χ1n) is 5.73. The summed E-state index contributed by atoms with van der Waals surface area (Å²) < 4.78 is 16.1. The van der Waals surface area contributed by atoms with E-state index in [0.29, 0.717) is 19.8 Å². The Morgan fingerprint density at radius 3 is 2.81 bits per heavy atom. The Morgan fingerprint density at radius 1 is 1.25 bits per heavy atom. The molecule has 4 nitrogen and oxygen atoms in total. The summed E-state index contributed by atoms with van der Waals surface area (Å²) in [5.41, 5.74) is 1.10. The van der Waals surface area contributed by atoms with Gasteiger partial charge in [-0.2, -0.15) is 0 Å². The lowest BCUT2D eigenvalue weighted by Gasteiger charge is -2.05. The van der Waals surface area contributed by atoms with E-state index in [4.69, 9.17) is 13.9 Å². The molecule has 0 aliphatic rings. The molecule has 16 heavy (non-hydrogen) atoms. The lowest BCUT2D eigenvalue weighted by Crippen LogP contribution is -2.08. The van der Waals surface area contributed by atoms with Crippen molar-refractivity contribution in [2.75, 3.05) is 26.9 Å². The van der Waals surface area contributed by atoms with Crippen LogP contribution in [0.1, 0.15) is 24.7 Å². The van der Waals surface area contributed by atoms with Gasteiger partial charge in [-0.25, -0.2) is 0 Å². The van der Waals surface area contributed by atoms with Crippen LogP contribution in [-0.4, -0.2) is 26.9 Å². The van der Waals surface area contributed by atoms with Crippen LogP contribution in [0.3, 0.4) is 0 Å². The van der Waals surface area contributed by atoms with Crippen molar-refractivity contribution in [2.24, 2.45) is 0 Å². The molecule has 0 atom stereocenters. The smallest absolute Gasteiger partial charge is 0.123 e. The van der Waals surface area contributed by atoms with E-state index >= 15 is 0 Å². The van der Waals surface area contributed by atoms with E-state index in [9.17, 15) is 0 Å². The van der Waals surface area contributed by atoms with E-state index in [-0.39, 0.29) is 0 Å². The highest BCUT2D eigenvalue weighted by Gasteiger charge is 2.04. The molecule has 0 saturated heterocycles. The van der Waals surface area contributed by atoms with Crippen molar-refractivity contribution in [3.63, 3.8) is 0 Å². The minimum Gasteiger partial charge on any atom is -0.468 e. The Hall–Kier alpha value is -0.840. The minimum absolute atomic E-state index is 0.586. The monoisotopic (exact) mass is 227 g/mol. The van der Waals surface area contributed by atoms with Gasteiger partial charge < -0.3 is 19.2 Å². The van der Waals surface area contributed by atoms with E-state index in [1.165, 1.54) is 0 Å². The maximum Gasteiger partial charge on any atom is 0.123 e. The first kappa shape index (κ1) is 13.2. The van der Waals surface area contributed by atoms with E-state index < -0.39 is 0 Å². The molecule has 0 spiro atoms. The predicted octanol–water partition coefficient (Wildman–Crippen LogP) is 1.94. The van der Waals surface area contributed by atoms with Crippen LogP contribution in [0.5, 0.6) is 0 Å². The molecule has 1 aromatic rings. The van der Waals surface area contributed by atoms with Crippen LogP contribution in [0.15, 0.2) is 16.7 Å². The summed E-state index contributed by atoms with van der Waals surface area (Å²) >= 11 is 0. The Bertz CT molecular complexity index is 273. The van der Waals surface area contributed by atoms with Crippen LogP contribution in [0.4, 0.5) is 0 Å². The van der Waals surface area contributed by atoms with Crippen LogP contribution in [0.25, 0.3) is 0 Å². The van der Waals surface area contributed by atoms with Gasteiger partial charge in [-0.1, -0.05) is 6.92 Å². The summed E-state index contributed by atoms with van der Waals surface area (Å²) in [6, 6.07) is 1.94. The molecule has 0 aromatic carbocycles. The molecule has 0 bridgehead atoms. The van der Waals surface area contributed by atoms with Gasteiger partial charge in [0.1, 0.15) is 5.76 Å². The Kier molecular flexibility index (Phi) is 6.88. The van der Waals surface area contributed by atoms with Crippen LogP contribution in [0.2, 0.25) is 0 Å². The molecule has 1 heterocycles. The zero-order valence-electron chi connectivity index (χ0n) is 10.1. The zero-order valence-corrected chi connectivity index (χ0v) is 10.1. The van der Waals surface area contributed by atoms with Gasteiger partial charge in [0.2, 0.25) is 0 Å². The highest BCUT2D eigenvalue weighted by atomic mass is 16.5. The number of rotatable bonds is 9. The van der Waals surface area contributed by atoms with Gasteiger partial charge in [0, 0.05) is 12.2 Å². The van der Waals surface area contributed by atoms with Gasteiger partial charge >= 0.3 is 0 Å². The molecule has 0 fully saturated rings. The number of hydrogen-bond donors (Lipinski definition) is 1. The van der Waals surface area contributed by atoms with E-state index in [2.05, 4.69) is 12.2 Å².